The van der Waals surface area contributed by atoms with Gasteiger partial charge in [0.1, 0.15) is 5.60 Å². The average molecular weight is 312 g/mol. The largest absolute Gasteiger partial charge is 0.444 e. The van der Waals surface area contributed by atoms with Crippen molar-refractivity contribution < 1.29 is 14.6 Å². The van der Waals surface area contributed by atoms with Gasteiger partial charge in [-0.05, 0) is 71.3 Å². The summed E-state index contributed by atoms with van der Waals surface area (Å²) in [6.45, 7) is 8.43. The molecule has 1 saturated carbocycles. The van der Waals surface area contributed by atoms with Crippen LogP contribution in [0, 0.1) is 11.8 Å². The first kappa shape index (κ1) is 17.5. The van der Waals surface area contributed by atoms with E-state index < -0.39 is 5.60 Å². The summed E-state index contributed by atoms with van der Waals surface area (Å²) < 4.78 is 5.43. The minimum atomic E-state index is -0.434. The predicted molar refractivity (Wildman–Crippen MR) is 86.7 cm³/mol. The van der Waals surface area contributed by atoms with Crippen LogP contribution in [0.2, 0.25) is 0 Å². The van der Waals surface area contributed by atoms with Crippen LogP contribution in [-0.2, 0) is 4.74 Å². The molecule has 1 atom stereocenters. The zero-order chi connectivity index (χ0) is 16.2. The molecule has 1 unspecified atom stereocenters. The fraction of sp³-hybridized carbons (Fsp3) is 0.941. The molecule has 1 aliphatic carbocycles. The highest BCUT2D eigenvalue weighted by molar-refractivity contribution is 5.68. The van der Waals surface area contributed by atoms with Gasteiger partial charge >= 0.3 is 6.09 Å². The van der Waals surface area contributed by atoms with Gasteiger partial charge in [0.05, 0.1) is 0 Å². The molecule has 0 radical (unpaired) electrons. The molecule has 128 valence electrons. The molecule has 0 aromatic heterocycles. The van der Waals surface area contributed by atoms with Crippen molar-refractivity contribution in [2.45, 2.75) is 64.5 Å². The summed E-state index contributed by atoms with van der Waals surface area (Å²) in [7, 11) is 0. The molecule has 1 aliphatic heterocycles. The summed E-state index contributed by atoms with van der Waals surface area (Å²) in [4.78, 5) is 13.9. The predicted octanol–water partition coefficient (Wildman–Crippen LogP) is 2.38. The molecule has 2 N–H and O–H groups in total. The molecule has 2 rings (SSSR count). The van der Waals surface area contributed by atoms with Crippen molar-refractivity contribution in [3.63, 3.8) is 0 Å². The van der Waals surface area contributed by atoms with Crippen LogP contribution in [0.4, 0.5) is 4.79 Å². The second-order valence-corrected chi connectivity index (χ2v) is 7.76. The van der Waals surface area contributed by atoms with E-state index in [1.807, 2.05) is 20.8 Å². The molecule has 2 fully saturated rings. The first-order valence-corrected chi connectivity index (χ1v) is 8.71. The number of aliphatic hydroxyl groups excluding tert-OH is 1. The van der Waals surface area contributed by atoms with E-state index in [-0.39, 0.29) is 12.7 Å². The number of nitrogens with one attached hydrogen (secondary N) is 1. The third kappa shape index (κ3) is 5.76. The zero-order valence-electron chi connectivity index (χ0n) is 14.3. The van der Waals surface area contributed by atoms with E-state index in [1.165, 1.54) is 12.8 Å². The van der Waals surface area contributed by atoms with E-state index in [0.717, 1.165) is 44.9 Å². The molecule has 0 aromatic carbocycles. The van der Waals surface area contributed by atoms with Crippen LogP contribution in [0.25, 0.3) is 0 Å². The minimum absolute atomic E-state index is 0.207. The van der Waals surface area contributed by atoms with Gasteiger partial charge in [0.15, 0.2) is 0 Å². The van der Waals surface area contributed by atoms with Gasteiger partial charge in [-0.2, -0.15) is 0 Å². The number of aliphatic hydroxyl groups is 1. The molecule has 22 heavy (non-hydrogen) atoms. The Morgan fingerprint density at radius 3 is 2.41 bits per heavy atom. The maximum absolute atomic E-state index is 12.1. The fourth-order valence-electron chi connectivity index (χ4n) is 3.12. The van der Waals surface area contributed by atoms with E-state index >= 15 is 0 Å². The van der Waals surface area contributed by atoms with Crippen molar-refractivity contribution in [2.75, 3.05) is 26.2 Å². The number of carbonyl (C=O) groups is 1. The number of ether oxygens (including phenoxy) is 1. The van der Waals surface area contributed by atoms with Gasteiger partial charge in [-0.1, -0.05) is 0 Å². The zero-order valence-corrected chi connectivity index (χ0v) is 14.3. The highest BCUT2D eigenvalue weighted by Crippen LogP contribution is 2.28. The van der Waals surface area contributed by atoms with Crippen molar-refractivity contribution in [1.29, 1.82) is 0 Å². The molecule has 0 bridgehead atoms. The molecule has 5 nitrogen and oxygen atoms in total. The summed E-state index contributed by atoms with van der Waals surface area (Å²) in [5.41, 5.74) is -0.434. The maximum atomic E-state index is 12.1. The van der Waals surface area contributed by atoms with Gasteiger partial charge in [-0.15, -0.1) is 0 Å². The number of rotatable bonds is 6. The Labute approximate surface area is 134 Å². The first-order chi connectivity index (χ1) is 10.4. The van der Waals surface area contributed by atoms with Crippen molar-refractivity contribution in [3.05, 3.63) is 0 Å². The smallest absolute Gasteiger partial charge is 0.410 e. The van der Waals surface area contributed by atoms with Crippen LogP contribution in [0.5, 0.6) is 0 Å². The Kier molecular flexibility index (Phi) is 6.09. The minimum Gasteiger partial charge on any atom is -0.444 e. The fourth-order valence-corrected chi connectivity index (χ4v) is 3.12. The van der Waals surface area contributed by atoms with Gasteiger partial charge in [0, 0.05) is 25.7 Å². The van der Waals surface area contributed by atoms with E-state index in [1.54, 1.807) is 4.90 Å². The lowest BCUT2D eigenvalue weighted by Crippen LogP contribution is -2.43. The normalized spacial score (nSPS) is 21.7. The van der Waals surface area contributed by atoms with E-state index in [4.69, 9.17) is 4.74 Å². The maximum Gasteiger partial charge on any atom is 0.410 e. The van der Waals surface area contributed by atoms with Gasteiger partial charge in [-0.25, -0.2) is 4.79 Å². The third-order valence-electron chi connectivity index (χ3n) is 4.62. The highest BCUT2D eigenvalue weighted by atomic mass is 16.6. The second kappa shape index (κ2) is 7.64. The quantitative estimate of drug-likeness (QED) is 0.790. The number of amides is 1. The third-order valence-corrected chi connectivity index (χ3v) is 4.62. The van der Waals surface area contributed by atoms with Gasteiger partial charge in [0.2, 0.25) is 0 Å². The number of hydrogen-bond acceptors (Lipinski definition) is 4. The molecule has 2 aliphatic rings. The Morgan fingerprint density at radius 1 is 1.27 bits per heavy atom. The van der Waals surface area contributed by atoms with Crippen LogP contribution < -0.4 is 5.32 Å². The second-order valence-electron chi connectivity index (χ2n) is 7.76. The van der Waals surface area contributed by atoms with Crippen LogP contribution >= 0.6 is 0 Å². The molecule has 0 spiro atoms. The Bertz CT molecular complexity index is 355. The van der Waals surface area contributed by atoms with Crippen molar-refractivity contribution in [1.82, 2.24) is 10.2 Å². The van der Waals surface area contributed by atoms with Crippen LogP contribution in [0.3, 0.4) is 0 Å². The average Bonchev–Trinajstić information content (AvgIpc) is 3.26. The number of carbonyl (C=O) groups excluding carboxylic acids is 1. The van der Waals surface area contributed by atoms with E-state index in [2.05, 4.69) is 5.32 Å². The molecule has 5 heteroatoms. The Morgan fingerprint density at radius 2 is 1.91 bits per heavy atom. The van der Waals surface area contributed by atoms with Gasteiger partial charge < -0.3 is 20.1 Å². The lowest BCUT2D eigenvalue weighted by molar-refractivity contribution is 0.0137. The molecule has 1 saturated heterocycles. The monoisotopic (exact) mass is 312 g/mol. The molecule has 1 amide bonds. The molecule has 0 aromatic rings. The number of piperidine rings is 1. The summed E-state index contributed by atoms with van der Waals surface area (Å²) in [6.07, 6.45) is 5.36. The van der Waals surface area contributed by atoms with Crippen molar-refractivity contribution in [2.24, 2.45) is 11.8 Å². The Hall–Kier alpha value is -0.810. The summed E-state index contributed by atoms with van der Waals surface area (Å²) in [6, 6.07) is 0.730. The van der Waals surface area contributed by atoms with Gasteiger partial charge in [0.25, 0.3) is 0 Å². The summed E-state index contributed by atoms with van der Waals surface area (Å²) in [5.74, 6) is 0.872. The number of likely N-dealkylation sites (tertiary alicyclic amines) is 1. The standard InChI is InChI=1S/C17H32N2O3/c1-17(2,3)22-16(21)19-10-7-13(8-11-19)14(12-20)6-9-18-15-4-5-15/h13-15,18,20H,4-12H2,1-3H3. The molecule has 1 heterocycles. The van der Waals surface area contributed by atoms with Crippen LogP contribution in [0.15, 0.2) is 0 Å². The first-order valence-electron chi connectivity index (χ1n) is 8.71. The number of nitrogens with zero attached hydrogens (tertiary/aromatic N) is 1. The topological polar surface area (TPSA) is 61.8 Å². The van der Waals surface area contributed by atoms with Crippen molar-refractivity contribution >= 4 is 6.09 Å². The Balaban J connectivity index is 1.70. The SMILES string of the molecule is CC(C)(C)OC(=O)N1CCC(C(CO)CCNC2CC2)CC1. The highest BCUT2D eigenvalue weighted by Gasteiger charge is 2.30. The lowest BCUT2D eigenvalue weighted by atomic mass is 9.83. The summed E-state index contributed by atoms with van der Waals surface area (Å²) in [5, 5.41) is 13.2. The van der Waals surface area contributed by atoms with E-state index in [9.17, 15) is 9.90 Å². The van der Waals surface area contributed by atoms with Crippen molar-refractivity contribution in [3.8, 4) is 0 Å². The van der Waals surface area contributed by atoms with E-state index in [0.29, 0.717) is 11.8 Å². The van der Waals surface area contributed by atoms with Crippen LogP contribution in [-0.4, -0.2) is 54.0 Å². The number of hydrogen-bond donors (Lipinski definition) is 2. The van der Waals surface area contributed by atoms with Gasteiger partial charge in [-0.3, -0.25) is 0 Å². The van der Waals surface area contributed by atoms with Crippen LogP contribution in [0.1, 0.15) is 52.9 Å². The lowest BCUT2D eigenvalue weighted by Gasteiger charge is -2.36. The molecular weight excluding hydrogens is 280 g/mol. The molecular formula is C17H32N2O3. The summed E-state index contributed by atoms with van der Waals surface area (Å²) >= 11 is 0.